The second-order valence-electron chi connectivity index (χ2n) is 5.08. The smallest absolute Gasteiger partial charge is 0.317 e. The van der Waals surface area contributed by atoms with Crippen LogP contribution in [0.2, 0.25) is 5.02 Å². The van der Waals surface area contributed by atoms with E-state index in [4.69, 9.17) is 21.1 Å². The number of nitrogens with zero attached hydrogens (tertiary/aromatic N) is 1. The van der Waals surface area contributed by atoms with E-state index in [0.717, 1.165) is 5.56 Å². The molecule has 2 atom stereocenters. The Balaban J connectivity index is 1.92. The highest BCUT2D eigenvalue weighted by molar-refractivity contribution is 6.30. The van der Waals surface area contributed by atoms with Crippen molar-refractivity contribution in [2.45, 2.75) is 19.1 Å². The number of ether oxygens (including phenoxy) is 2. The highest BCUT2D eigenvalue weighted by atomic mass is 35.5. The molecule has 2 rings (SSSR count). The van der Waals surface area contributed by atoms with Crippen molar-refractivity contribution < 1.29 is 14.3 Å². The van der Waals surface area contributed by atoms with Crippen LogP contribution in [-0.4, -0.2) is 50.4 Å². The Kier molecular flexibility index (Phi) is 5.85. The number of morpholine rings is 1. The Bertz CT molecular complexity index is 484. The van der Waals surface area contributed by atoms with Gasteiger partial charge in [0.25, 0.3) is 0 Å². The number of nitrogens with one attached hydrogen (secondary N) is 1. The van der Waals surface area contributed by atoms with Gasteiger partial charge >= 0.3 is 6.03 Å². The third-order valence-corrected chi connectivity index (χ3v) is 3.81. The number of amides is 2. The molecular formula is C15H21ClN2O3. The number of halogens is 1. The number of methoxy groups -OCH3 is 1. The fraction of sp³-hybridized carbons (Fsp3) is 0.533. The van der Waals surface area contributed by atoms with Crippen molar-refractivity contribution >= 4 is 17.6 Å². The molecule has 5 nitrogen and oxygen atoms in total. The van der Waals surface area contributed by atoms with Crippen LogP contribution >= 0.6 is 11.6 Å². The lowest BCUT2D eigenvalue weighted by atomic mass is 10.1. The van der Waals surface area contributed by atoms with Crippen LogP contribution in [0.4, 0.5) is 4.79 Å². The van der Waals surface area contributed by atoms with Crippen molar-refractivity contribution in [3.05, 3.63) is 34.9 Å². The summed E-state index contributed by atoms with van der Waals surface area (Å²) in [6.07, 6.45) is -0.219. The van der Waals surface area contributed by atoms with Crippen LogP contribution in [0.15, 0.2) is 24.3 Å². The van der Waals surface area contributed by atoms with E-state index in [1.54, 1.807) is 12.0 Å². The summed E-state index contributed by atoms with van der Waals surface area (Å²) in [7, 11) is 1.62. The number of rotatable bonds is 4. The quantitative estimate of drug-likeness (QED) is 0.929. The number of benzene rings is 1. The van der Waals surface area contributed by atoms with Crippen LogP contribution in [0.5, 0.6) is 0 Å². The van der Waals surface area contributed by atoms with Crippen LogP contribution in [0, 0.1) is 0 Å². The maximum atomic E-state index is 12.2. The van der Waals surface area contributed by atoms with Crippen molar-refractivity contribution in [1.29, 1.82) is 0 Å². The normalized spacial score (nSPS) is 20.1. The standard InChI is InChI=1S/C15H21ClN2O3/c1-11-10-21-7-6-18(11)15(19)17-9-14(20-2)12-4-3-5-13(16)8-12/h3-5,8,11,14H,6-7,9-10H2,1-2H3,(H,17,19)/t11-,14-/m0/s1. The molecule has 116 valence electrons. The van der Waals surface area contributed by atoms with Gasteiger partial charge in [-0.25, -0.2) is 4.79 Å². The second-order valence-corrected chi connectivity index (χ2v) is 5.52. The van der Waals surface area contributed by atoms with Crippen LogP contribution in [0.3, 0.4) is 0 Å². The fourth-order valence-corrected chi connectivity index (χ4v) is 2.55. The molecule has 1 fully saturated rings. The first-order valence-electron chi connectivity index (χ1n) is 7.02. The zero-order valence-electron chi connectivity index (χ0n) is 12.3. The first-order valence-corrected chi connectivity index (χ1v) is 7.40. The van der Waals surface area contributed by atoms with Gasteiger partial charge in [0.1, 0.15) is 0 Å². The summed E-state index contributed by atoms with van der Waals surface area (Å²) in [6.45, 7) is 4.15. The van der Waals surface area contributed by atoms with E-state index in [2.05, 4.69) is 5.32 Å². The van der Waals surface area contributed by atoms with Crippen LogP contribution in [0.1, 0.15) is 18.6 Å². The molecule has 0 aromatic heterocycles. The predicted octanol–water partition coefficient (Wildman–Crippen LogP) is 2.46. The molecule has 21 heavy (non-hydrogen) atoms. The molecule has 1 aromatic carbocycles. The SMILES string of the molecule is CO[C@@H](CNC(=O)N1CCOC[C@@H]1C)c1cccc(Cl)c1. The van der Waals surface area contributed by atoms with Gasteiger partial charge < -0.3 is 19.7 Å². The number of urea groups is 1. The van der Waals surface area contributed by atoms with Gasteiger partial charge in [0.05, 0.1) is 25.4 Å². The van der Waals surface area contributed by atoms with Gasteiger partial charge in [-0.1, -0.05) is 23.7 Å². The largest absolute Gasteiger partial charge is 0.377 e. The van der Waals surface area contributed by atoms with Crippen LogP contribution < -0.4 is 5.32 Å². The molecule has 1 N–H and O–H groups in total. The molecule has 1 aromatic rings. The van der Waals surface area contributed by atoms with Crippen molar-refractivity contribution in [2.24, 2.45) is 0 Å². The highest BCUT2D eigenvalue weighted by Gasteiger charge is 2.24. The minimum absolute atomic E-state index is 0.0881. The summed E-state index contributed by atoms with van der Waals surface area (Å²) >= 11 is 5.98. The first kappa shape index (κ1) is 16.1. The molecule has 1 aliphatic heterocycles. The highest BCUT2D eigenvalue weighted by Crippen LogP contribution is 2.20. The Morgan fingerprint density at radius 2 is 2.43 bits per heavy atom. The van der Waals surface area contributed by atoms with Gasteiger partial charge in [-0.3, -0.25) is 0 Å². The van der Waals surface area contributed by atoms with Crippen LogP contribution in [-0.2, 0) is 9.47 Å². The maximum Gasteiger partial charge on any atom is 0.317 e. The Morgan fingerprint density at radius 1 is 1.62 bits per heavy atom. The zero-order chi connectivity index (χ0) is 15.2. The van der Waals surface area contributed by atoms with Crippen molar-refractivity contribution in [3.8, 4) is 0 Å². The van der Waals surface area contributed by atoms with Crippen LogP contribution in [0.25, 0.3) is 0 Å². The topological polar surface area (TPSA) is 50.8 Å². The molecule has 6 heteroatoms. The van der Waals surface area contributed by atoms with Crippen molar-refractivity contribution in [3.63, 3.8) is 0 Å². The van der Waals surface area contributed by atoms with E-state index >= 15 is 0 Å². The van der Waals surface area contributed by atoms with E-state index in [1.165, 1.54) is 0 Å². The minimum atomic E-state index is -0.219. The van der Waals surface area contributed by atoms with Gasteiger partial charge in [-0.15, -0.1) is 0 Å². The average Bonchev–Trinajstić information content (AvgIpc) is 2.48. The lowest BCUT2D eigenvalue weighted by molar-refractivity contribution is 0.0177. The second kappa shape index (κ2) is 7.64. The Labute approximate surface area is 130 Å². The molecule has 0 bridgehead atoms. The third kappa shape index (κ3) is 4.33. The molecule has 2 amide bonds. The van der Waals surface area contributed by atoms with Gasteiger partial charge in [0.15, 0.2) is 0 Å². The molecular weight excluding hydrogens is 292 g/mol. The summed E-state index contributed by atoms with van der Waals surface area (Å²) in [6, 6.07) is 7.46. The zero-order valence-corrected chi connectivity index (χ0v) is 13.1. The van der Waals surface area contributed by atoms with Gasteiger partial charge in [-0.05, 0) is 24.6 Å². The van der Waals surface area contributed by atoms with Gasteiger partial charge in [0, 0.05) is 25.2 Å². The lowest BCUT2D eigenvalue weighted by Crippen LogP contribution is -2.51. The minimum Gasteiger partial charge on any atom is -0.377 e. The molecule has 1 saturated heterocycles. The van der Waals surface area contributed by atoms with E-state index in [9.17, 15) is 4.79 Å². The van der Waals surface area contributed by atoms with Crippen molar-refractivity contribution in [2.75, 3.05) is 33.4 Å². The van der Waals surface area contributed by atoms with Crippen molar-refractivity contribution in [1.82, 2.24) is 10.2 Å². The Hall–Kier alpha value is -1.30. The van der Waals surface area contributed by atoms with Gasteiger partial charge in [0.2, 0.25) is 0 Å². The van der Waals surface area contributed by atoms with E-state index in [0.29, 0.717) is 31.3 Å². The Morgan fingerprint density at radius 3 is 3.10 bits per heavy atom. The summed E-state index contributed by atoms with van der Waals surface area (Å²) in [5.74, 6) is 0. The monoisotopic (exact) mass is 312 g/mol. The number of carbonyl (C=O) groups is 1. The molecule has 0 spiro atoms. The lowest BCUT2D eigenvalue weighted by Gasteiger charge is -2.33. The summed E-state index contributed by atoms with van der Waals surface area (Å²) in [5, 5.41) is 3.57. The van der Waals surface area contributed by atoms with E-state index in [1.807, 2.05) is 31.2 Å². The molecule has 0 radical (unpaired) electrons. The molecule has 0 unspecified atom stereocenters. The first-order chi connectivity index (χ1) is 10.1. The summed E-state index contributed by atoms with van der Waals surface area (Å²) in [5.41, 5.74) is 0.945. The number of hydrogen-bond acceptors (Lipinski definition) is 3. The van der Waals surface area contributed by atoms with E-state index in [-0.39, 0.29) is 18.2 Å². The maximum absolute atomic E-state index is 12.2. The third-order valence-electron chi connectivity index (χ3n) is 3.57. The number of hydrogen-bond donors (Lipinski definition) is 1. The predicted molar refractivity (Wildman–Crippen MR) is 81.6 cm³/mol. The fourth-order valence-electron chi connectivity index (χ4n) is 2.35. The summed E-state index contributed by atoms with van der Waals surface area (Å²) < 4.78 is 10.8. The molecule has 0 saturated carbocycles. The molecule has 1 aliphatic rings. The average molecular weight is 313 g/mol. The number of carbonyl (C=O) groups excluding carboxylic acids is 1. The van der Waals surface area contributed by atoms with E-state index < -0.39 is 0 Å². The molecule has 0 aliphatic carbocycles. The van der Waals surface area contributed by atoms with Gasteiger partial charge in [-0.2, -0.15) is 0 Å². The summed E-state index contributed by atoms with van der Waals surface area (Å²) in [4.78, 5) is 14.0. The molecule has 1 heterocycles.